The molecule has 4 rings (SSSR count). The van der Waals surface area contributed by atoms with Crippen LogP contribution in [0.2, 0.25) is 0 Å². The van der Waals surface area contributed by atoms with Crippen molar-refractivity contribution < 1.29 is 23.5 Å². The number of halogens is 1. The van der Waals surface area contributed by atoms with Crippen LogP contribution in [0.15, 0.2) is 41.8 Å². The van der Waals surface area contributed by atoms with Crippen molar-refractivity contribution in [1.29, 1.82) is 0 Å². The summed E-state index contributed by atoms with van der Waals surface area (Å²) in [4.78, 5) is 40.6. The standard InChI is InChI=1S/C19H17FN2O4S/c1-19(18(25)26-2)14-13(15(21-19)12-8-5-9-27-12)16(23)22(17(14)24)11-7-4-3-6-10(11)20/h3-9,13-15,21H,1-2H3/t13-,14+,15+,19+/m0/s1. The van der Waals surface area contributed by atoms with E-state index in [2.05, 4.69) is 5.32 Å². The first-order chi connectivity index (χ1) is 12.9. The fraction of sp³-hybridized carbons (Fsp3) is 0.316. The van der Waals surface area contributed by atoms with Crippen LogP contribution < -0.4 is 10.2 Å². The van der Waals surface area contributed by atoms with E-state index in [1.165, 1.54) is 36.6 Å². The van der Waals surface area contributed by atoms with E-state index in [-0.39, 0.29) is 5.69 Å². The molecule has 1 aromatic carbocycles. The Morgan fingerprint density at radius 1 is 1.22 bits per heavy atom. The van der Waals surface area contributed by atoms with E-state index in [0.29, 0.717) is 0 Å². The number of esters is 1. The quantitative estimate of drug-likeness (QED) is 0.645. The Morgan fingerprint density at radius 3 is 2.59 bits per heavy atom. The topological polar surface area (TPSA) is 75.7 Å². The summed E-state index contributed by atoms with van der Waals surface area (Å²) in [5, 5.41) is 5.00. The van der Waals surface area contributed by atoms with Crippen LogP contribution in [-0.2, 0) is 19.1 Å². The van der Waals surface area contributed by atoms with Crippen LogP contribution in [0.25, 0.3) is 0 Å². The first kappa shape index (κ1) is 17.8. The lowest BCUT2D eigenvalue weighted by Crippen LogP contribution is -2.54. The Morgan fingerprint density at radius 2 is 1.96 bits per heavy atom. The number of rotatable bonds is 3. The molecule has 0 radical (unpaired) electrons. The van der Waals surface area contributed by atoms with Gasteiger partial charge in [-0.15, -0.1) is 11.3 Å². The summed E-state index contributed by atoms with van der Waals surface area (Å²) in [5.74, 6) is -4.22. The number of fused-ring (bicyclic) bond motifs is 1. The number of amides is 2. The molecule has 0 unspecified atom stereocenters. The van der Waals surface area contributed by atoms with Gasteiger partial charge in [0.05, 0.1) is 30.7 Å². The van der Waals surface area contributed by atoms with Gasteiger partial charge in [-0.3, -0.25) is 19.7 Å². The molecule has 4 atom stereocenters. The van der Waals surface area contributed by atoms with Crippen LogP contribution in [0.4, 0.5) is 10.1 Å². The van der Waals surface area contributed by atoms with Gasteiger partial charge in [0, 0.05) is 4.88 Å². The van der Waals surface area contributed by atoms with Crippen LogP contribution >= 0.6 is 11.3 Å². The molecule has 2 saturated heterocycles. The maximum Gasteiger partial charge on any atom is 0.326 e. The van der Waals surface area contributed by atoms with Crippen molar-refractivity contribution in [2.24, 2.45) is 11.8 Å². The SMILES string of the molecule is COC(=O)[C@]1(C)N[C@H](c2cccs2)[C@H]2C(=O)N(c3ccccc3F)C(=O)[C@@H]21. The number of carbonyl (C=O) groups is 3. The fourth-order valence-corrected chi connectivity index (χ4v) is 4.94. The zero-order valence-electron chi connectivity index (χ0n) is 14.6. The van der Waals surface area contributed by atoms with Gasteiger partial charge in [0.15, 0.2) is 0 Å². The monoisotopic (exact) mass is 388 g/mol. The van der Waals surface area contributed by atoms with Crippen molar-refractivity contribution in [3.05, 3.63) is 52.5 Å². The molecule has 2 aliphatic rings. The highest BCUT2D eigenvalue weighted by Crippen LogP contribution is 2.50. The maximum atomic E-state index is 14.3. The molecule has 1 N–H and O–H groups in total. The number of para-hydroxylation sites is 1. The molecule has 1 aromatic heterocycles. The van der Waals surface area contributed by atoms with Gasteiger partial charge in [-0.1, -0.05) is 18.2 Å². The molecule has 2 amide bonds. The molecule has 2 aromatic rings. The summed E-state index contributed by atoms with van der Waals surface area (Å²) >= 11 is 1.42. The van der Waals surface area contributed by atoms with E-state index in [9.17, 15) is 18.8 Å². The van der Waals surface area contributed by atoms with E-state index >= 15 is 0 Å². The molecule has 0 aliphatic carbocycles. The molecule has 0 saturated carbocycles. The molecular weight excluding hydrogens is 371 g/mol. The average Bonchev–Trinajstić information content (AvgIpc) is 3.34. The second-order valence-electron chi connectivity index (χ2n) is 6.80. The number of methoxy groups -OCH3 is 1. The first-order valence-electron chi connectivity index (χ1n) is 8.42. The first-order valence-corrected chi connectivity index (χ1v) is 9.30. The molecule has 6 nitrogen and oxygen atoms in total. The molecule has 27 heavy (non-hydrogen) atoms. The summed E-state index contributed by atoms with van der Waals surface area (Å²) in [7, 11) is 1.23. The number of nitrogens with one attached hydrogen (secondary N) is 1. The number of anilines is 1. The predicted molar refractivity (Wildman–Crippen MR) is 96.5 cm³/mol. The number of carbonyl (C=O) groups excluding carboxylic acids is 3. The Labute approximate surface area is 158 Å². The van der Waals surface area contributed by atoms with E-state index in [1.54, 1.807) is 13.0 Å². The van der Waals surface area contributed by atoms with Crippen molar-refractivity contribution in [3.8, 4) is 0 Å². The minimum absolute atomic E-state index is 0.0981. The summed E-state index contributed by atoms with van der Waals surface area (Å²) in [5.41, 5.74) is -1.49. The van der Waals surface area contributed by atoms with E-state index < -0.39 is 47.0 Å². The third-order valence-corrected chi connectivity index (χ3v) is 6.30. The average molecular weight is 388 g/mol. The van der Waals surface area contributed by atoms with Gasteiger partial charge >= 0.3 is 5.97 Å². The third kappa shape index (κ3) is 2.44. The lowest BCUT2D eigenvalue weighted by atomic mass is 9.81. The zero-order chi connectivity index (χ0) is 19.3. The second kappa shape index (κ2) is 6.24. The summed E-state index contributed by atoms with van der Waals surface area (Å²) in [6.45, 7) is 1.56. The number of hydrogen-bond acceptors (Lipinski definition) is 6. The molecule has 2 fully saturated rings. The van der Waals surface area contributed by atoms with Gasteiger partial charge in [-0.2, -0.15) is 0 Å². The van der Waals surface area contributed by atoms with Gasteiger partial charge in [-0.25, -0.2) is 9.29 Å². The smallest absolute Gasteiger partial charge is 0.326 e. The molecule has 0 spiro atoms. The number of imide groups is 1. The van der Waals surface area contributed by atoms with Gasteiger partial charge in [0.25, 0.3) is 0 Å². The van der Waals surface area contributed by atoms with Crippen LogP contribution in [0.3, 0.4) is 0 Å². The van der Waals surface area contributed by atoms with Gasteiger partial charge in [-0.05, 0) is 30.5 Å². The maximum absolute atomic E-state index is 14.3. The third-order valence-electron chi connectivity index (χ3n) is 5.34. The molecule has 8 heteroatoms. The largest absolute Gasteiger partial charge is 0.468 e. The number of benzene rings is 1. The predicted octanol–water partition coefficient (Wildman–Crippen LogP) is 2.27. The molecule has 140 valence electrons. The lowest BCUT2D eigenvalue weighted by Gasteiger charge is -2.28. The van der Waals surface area contributed by atoms with Crippen LogP contribution in [-0.4, -0.2) is 30.4 Å². The molecule has 3 heterocycles. The summed E-state index contributed by atoms with van der Waals surface area (Å²) < 4.78 is 19.2. The second-order valence-corrected chi connectivity index (χ2v) is 7.78. The van der Waals surface area contributed by atoms with Crippen LogP contribution in [0, 0.1) is 17.7 Å². The highest BCUT2D eigenvalue weighted by Gasteiger charge is 2.67. The van der Waals surface area contributed by atoms with Gasteiger partial charge in [0.1, 0.15) is 11.4 Å². The van der Waals surface area contributed by atoms with E-state index in [0.717, 1.165) is 9.78 Å². The Hall–Kier alpha value is -2.58. The van der Waals surface area contributed by atoms with Crippen LogP contribution in [0.1, 0.15) is 17.8 Å². The normalized spacial score (nSPS) is 29.9. The highest BCUT2D eigenvalue weighted by atomic mass is 32.1. The van der Waals surface area contributed by atoms with Crippen molar-refractivity contribution >= 4 is 34.8 Å². The minimum atomic E-state index is -1.39. The zero-order valence-corrected chi connectivity index (χ0v) is 15.5. The van der Waals surface area contributed by atoms with E-state index in [1.807, 2.05) is 17.5 Å². The minimum Gasteiger partial charge on any atom is -0.468 e. The summed E-state index contributed by atoms with van der Waals surface area (Å²) in [6.07, 6.45) is 0. The Kier molecular flexibility index (Phi) is 4.12. The highest BCUT2D eigenvalue weighted by molar-refractivity contribution is 7.10. The molecule has 2 aliphatic heterocycles. The fourth-order valence-electron chi connectivity index (χ4n) is 4.12. The number of nitrogens with zero attached hydrogens (tertiary/aromatic N) is 1. The Balaban J connectivity index is 1.84. The molecular formula is C19H17FN2O4S. The lowest BCUT2D eigenvalue weighted by molar-refractivity contribution is -0.151. The van der Waals surface area contributed by atoms with Gasteiger partial charge < -0.3 is 4.74 Å². The van der Waals surface area contributed by atoms with Gasteiger partial charge in [0.2, 0.25) is 11.8 Å². The van der Waals surface area contributed by atoms with Crippen molar-refractivity contribution in [2.75, 3.05) is 12.0 Å². The van der Waals surface area contributed by atoms with Crippen molar-refractivity contribution in [3.63, 3.8) is 0 Å². The number of hydrogen-bond donors (Lipinski definition) is 1. The van der Waals surface area contributed by atoms with Crippen LogP contribution in [0.5, 0.6) is 0 Å². The van der Waals surface area contributed by atoms with Crippen molar-refractivity contribution in [1.82, 2.24) is 5.32 Å². The number of ether oxygens (including phenoxy) is 1. The van der Waals surface area contributed by atoms with Crippen molar-refractivity contribution in [2.45, 2.75) is 18.5 Å². The Bertz CT molecular complexity index is 932. The number of thiophene rings is 1. The van der Waals surface area contributed by atoms with E-state index in [4.69, 9.17) is 4.74 Å². The molecule has 0 bridgehead atoms. The summed E-state index contributed by atoms with van der Waals surface area (Å²) in [6, 6.07) is 8.76.